The number of rotatable bonds is 6. The topological polar surface area (TPSA) is 83.0 Å². The van der Waals surface area contributed by atoms with Crippen molar-refractivity contribution in [3.63, 3.8) is 0 Å². The summed E-state index contributed by atoms with van der Waals surface area (Å²) in [5, 5.41) is 17.6. The lowest BCUT2D eigenvalue weighted by molar-refractivity contribution is 0.126. The molecule has 0 radical (unpaired) electrons. The Labute approximate surface area is 210 Å². The number of aromatic nitrogens is 3. The van der Waals surface area contributed by atoms with Crippen molar-refractivity contribution in [2.45, 2.75) is 70.4 Å². The molecule has 0 aliphatic heterocycles. The fourth-order valence-corrected chi connectivity index (χ4v) is 5.39. The summed E-state index contributed by atoms with van der Waals surface area (Å²) >= 11 is 1.64. The smallest absolute Gasteiger partial charge is 0.225 e. The first kappa shape index (κ1) is 23.7. The zero-order chi connectivity index (χ0) is 24.4. The molecule has 0 spiro atoms. The minimum Gasteiger partial charge on any atom is -0.393 e. The van der Waals surface area contributed by atoms with Gasteiger partial charge in [0.25, 0.3) is 0 Å². The first-order valence-electron chi connectivity index (χ1n) is 12.4. The normalized spacial score (nSPS) is 18.5. The predicted molar refractivity (Wildman–Crippen MR) is 145 cm³/mol. The third-order valence-electron chi connectivity index (χ3n) is 6.53. The van der Waals surface area contributed by atoms with Crippen LogP contribution in [0.3, 0.4) is 0 Å². The van der Waals surface area contributed by atoms with Crippen molar-refractivity contribution >= 4 is 38.5 Å². The van der Waals surface area contributed by atoms with Crippen molar-refractivity contribution in [3.8, 4) is 0 Å². The van der Waals surface area contributed by atoms with E-state index in [0.717, 1.165) is 59.0 Å². The van der Waals surface area contributed by atoms with E-state index >= 15 is 0 Å². The first-order valence-corrected chi connectivity index (χ1v) is 13.2. The van der Waals surface area contributed by atoms with Crippen LogP contribution in [0.25, 0.3) is 10.2 Å². The van der Waals surface area contributed by atoms with Crippen LogP contribution in [-0.2, 0) is 11.8 Å². The molecule has 0 unspecified atom stereocenters. The monoisotopic (exact) mass is 487 g/mol. The molecular weight excluding hydrogens is 454 g/mol. The number of hydrogen-bond donors (Lipinski definition) is 3. The average Bonchev–Trinajstić information content (AvgIpc) is 3.22. The number of thiazole rings is 1. The highest BCUT2D eigenvalue weighted by Gasteiger charge is 2.21. The van der Waals surface area contributed by atoms with Gasteiger partial charge in [0, 0.05) is 18.5 Å². The van der Waals surface area contributed by atoms with E-state index in [2.05, 4.69) is 73.9 Å². The van der Waals surface area contributed by atoms with Gasteiger partial charge in [-0.1, -0.05) is 68.5 Å². The number of hydrogen-bond acceptors (Lipinski definition) is 7. The van der Waals surface area contributed by atoms with E-state index in [-0.39, 0.29) is 17.6 Å². The van der Waals surface area contributed by atoms with Gasteiger partial charge in [0.2, 0.25) is 5.95 Å². The molecule has 6 nitrogen and oxygen atoms in total. The molecule has 0 amide bonds. The lowest BCUT2D eigenvalue weighted by Gasteiger charge is -2.26. The van der Waals surface area contributed by atoms with Crippen molar-refractivity contribution in [2.75, 3.05) is 10.6 Å². The van der Waals surface area contributed by atoms with Crippen LogP contribution in [0.4, 0.5) is 16.9 Å². The zero-order valence-corrected chi connectivity index (χ0v) is 21.4. The van der Waals surface area contributed by atoms with Gasteiger partial charge >= 0.3 is 0 Å². The molecular formula is C28H33N5OS. The summed E-state index contributed by atoms with van der Waals surface area (Å²) in [5.74, 6) is 1.36. The van der Waals surface area contributed by atoms with Crippen LogP contribution in [0, 0.1) is 0 Å². The fourth-order valence-electron chi connectivity index (χ4n) is 4.48. The Balaban J connectivity index is 1.42. The molecule has 1 fully saturated rings. The fraction of sp³-hybridized carbons (Fsp3) is 0.393. The number of benzene rings is 2. The van der Waals surface area contributed by atoms with E-state index in [9.17, 15) is 5.11 Å². The predicted octanol–water partition coefficient (Wildman–Crippen LogP) is 6.43. The highest BCUT2D eigenvalue weighted by Crippen LogP contribution is 2.32. The SMILES string of the molecule is CC(C)(C)c1ccc2nc(Nc3cc(Cc4ccccc4)nc(N[C@H]4CC[C@H](O)CC4)n3)sc2c1. The molecule has 182 valence electrons. The molecule has 5 rings (SSSR count). The van der Waals surface area contributed by atoms with Gasteiger partial charge in [-0.25, -0.2) is 9.97 Å². The molecule has 35 heavy (non-hydrogen) atoms. The van der Waals surface area contributed by atoms with Crippen molar-refractivity contribution < 1.29 is 5.11 Å². The molecule has 7 heteroatoms. The highest BCUT2D eigenvalue weighted by molar-refractivity contribution is 7.22. The molecule has 0 atom stereocenters. The van der Waals surface area contributed by atoms with Crippen molar-refractivity contribution in [3.05, 3.63) is 71.4 Å². The summed E-state index contributed by atoms with van der Waals surface area (Å²) in [7, 11) is 0. The van der Waals surface area contributed by atoms with Crippen molar-refractivity contribution in [1.82, 2.24) is 15.0 Å². The summed E-state index contributed by atoms with van der Waals surface area (Å²) < 4.78 is 1.16. The van der Waals surface area contributed by atoms with Gasteiger partial charge in [-0.15, -0.1) is 0 Å². The van der Waals surface area contributed by atoms with Gasteiger partial charge in [0.05, 0.1) is 22.0 Å². The van der Waals surface area contributed by atoms with Crippen LogP contribution >= 0.6 is 11.3 Å². The third-order valence-corrected chi connectivity index (χ3v) is 7.46. The minimum absolute atomic E-state index is 0.0977. The zero-order valence-electron chi connectivity index (χ0n) is 20.6. The summed E-state index contributed by atoms with van der Waals surface area (Å²) in [6.45, 7) is 6.68. The van der Waals surface area contributed by atoms with E-state index in [0.29, 0.717) is 5.95 Å². The quantitative estimate of drug-likeness (QED) is 0.291. The Morgan fingerprint density at radius 3 is 2.46 bits per heavy atom. The molecule has 2 heterocycles. The number of nitrogens with one attached hydrogen (secondary N) is 2. The lowest BCUT2D eigenvalue weighted by atomic mass is 9.87. The van der Waals surface area contributed by atoms with E-state index < -0.39 is 0 Å². The molecule has 3 N–H and O–H groups in total. The molecule has 1 saturated carbocycles. The Morgan fingerprint density at radius 1 is 0.943 bits per heavy atom. The van der Waals surface area contributed by atoms with Gasteiger partial charge < -0.3 is 15.7 Å². The maximum atomic E-state index is 9.86. The van der Waals surface area contributed by atoms with Gasteiger partial charge in [-0.3, -0.25) is 0 Å². The van der Waals surface area contributed by atoms with E-state index in [4.69, 9.17) is 15.0 Å². The Bertz CT molecular complexity index is 1290. The van der Waals surface area contributed by atoms with Crippen LogP contribution < -0.4 is 10.6 Å². The number of nitrogens with zero attached hydrogens (tertiary/aromatic N) is 3. The van der Waals surface area contributed by atoms with Gasteiger partial charge in [0.1, 0.15) is 5.82 Å². The second-order valence-electron chi connectivity index (χ2n) is 10.5. The molecule has 4 aromatic rings. The van der Waals surface area contributed by atoms with Crippen molar-refractivity contribution in [1.29, 1.82) is 0 Å². The number of aliphatic hydroxyl groups is 1. The highest BCUT2D eigenvalue weighted by atomic mass is 32.1. The van der Waals surface area contributed by atoms with Crippen LogP contribution in [0.2, 0.25) is 0 Å². The Morgan fingerprint density at radius 2 is 1.71 bits per heavy atom. The number of anilines is 3. The molecule has 2 aromatic carbocycles. The molecule has 0 saturated heterocycles. The molecule has 1 aliphatic rings. The van der Waals surface area contributed by atoms with Crippen LogP contribution in [0.1, 0.15) is 63.3 Å². The second-order valence-corrected chi connectivity index (χ2v) is 11.5. The lowest BCUT2D eigenvalue weighted by Crippen LogP contribution is -2.29. The minimum atomic E-state index is -0.187. The van der Waals surface area contributed by atoms with Gasteiger partial charge in [0.15, 0.2) is 5.13 Å². The van der Waals surface area contributed by atoms with E-state index in [1.807, 2.05) is 12.1 Å². The largest absolute Gasteiger partial charge is 0.393 e. The summed E-state index contributed by atoms with van der Waals surface area (Å²) in [6, 6.07) is 19.1. The van der Waals surface area contributed by atoms with Crippen LogP contribution in [0.15, 0.2) is 54.6 Å². The van der Waals surface area contributed by atoms with Crippen LogP contribution in [-0.4, -0.2) is 32.2 Å². The summed E-state index contributed by atoms with van der Waals surface area (Å²) in [5.41, 5.74) is 4.54. The molecule has 2 aromatic heterocycles. The second kappa shape index (κ2) is 9.91. The van der Waals surface area contributed by atoms with Crippen molar-refractivity contribution in [2.24, 2.45) is 0 Å². The average molecular weight is 488 g/mol. The maximum absolute atomic E-state index is 9.86. The maximum Gasteiger partial charge on any atom is 0.225 e. The Kier molecular flexibility index (Phi) is 6.71. The van der Waals surface area contributed by atoms with Gasteiger partial charge in [-0.05, 0) is 54.4 Å². The van der Waals surface area contributed by atoms with Gasteiger partial charge in [-0.2, -0.15) is 4.98 Å². The number of fused-ring (bicyclic) bond motifs is 1. The summed E-state index contributed by atoms with van der Waals surface area (Å²) in [4.78, 5) is 14.4. The molecule has 0 bridgehead atoms. The Hall–Kier alpha value is -3.03. The number of aliphatic hydroxyl groups excluding tert-OH is 1. The molecule has 1 aliphatic carbocycles. The van der Waals surface area contributed by atoms with E-state index in [1.54, 1.807) is 11.3 Å². The third kappa shape index (κ3) is 5.97. The van der Waals surface area contributed by atoms with E-state index in [1.165, 1.54) is 11.1 Å². The van der Waals surface area contributed by atoms with Crippen LogP contribution in [0.5, 0.6) is 0 Å². The standard InChI is InChI=1S/C28H33N5OS/c1-28(2,3)19-9-14-23-24(16-19)35-27(31-23)33-25-17-21(15-18-7-5-4-6-8-18)30-26(32-25)29-20-10-12-22(34)13-11-20/h4-9,14,16-17,20,22,34H,10-13,15H2,1-3H3,(H2,29,30,31,32,33)/t20-,22-. The first-order chi connectivity index (χ1) is 16.8. The summed E-state index contributed by atoms with van der Waals surface area (Å²) in [6.07, 6.45) is 4.01.